The van der Waals surface area contributed by atoms with Crippen LogP contribution < -0.4 is 0 Å². The van der Waals surface area contributed by atoms with Gasteiger partial charge in [0, 0.05) is 19.2 Å². The molecule has 0 radical (unpaired) electrons. The number of carboxylic acid groups (broad SMARTS) is 1. The molecule has 0 spiro atoms. The summed E-state index contributed by atoms with van der Waals surface area (Å²) < 4.78 is 36.4. The second kappa shape index (κ2) is 6.57. The van der Waals surface area contributed by atoms with Gasteiger partial charge in [-0.05, 0) is 12.8 Å². The number of hydrogen-bond donors (Lipinski definition) is 2. The van der Waals surface area contributed by atoms with Crippen molar-refractivity contribution < 1.29 is 31.9 Å². The molecule has 3 heterocycles. The van der Waals surface area contributed by atoms with E-state index in [-0.39, 0.29) is 18.9 Å². The SMILES string of the molecule is O=C(O)CCc1cn(CC2CCC3CN2C(=O)N3OS(=O)(=O)O)nn1. The number of urea groups is 1. The highest BCUT2D eigenvalue weighted by molar-refractivity contribution is 7.80. The molecule has 138 valence electrons. The van der Waals surface area contributed by atoms with Crippen molar-refractivity contribution in [2.24, 2.45) is 0 Å². The van der Waals surface area contributed by atoms with Crippen molar-refractivity contribution in [3.05, 3.63) is 11.9 Å². The van der Waals surface area contributed by atoms with Crippen molar-refractivity contribution in [2.45, 2.75) is 44.3 Å². The number of aryl methyl sites for hydroxylation is 1. The molecule has 2 atom stereocenters. The van der Waals surface area contributed by atoms with Gasteiger partial charge in [-0.25, -0.2) is 4.79 Å². The Morgan fingerprint density at radius 2 is 2.16 bits per heavy atom. The molecule has 2 amide bonds. The molecule has 0 saturated carbocycles. The average Bonchev–Trinajstić information content (AvgIpc) is 3.05. The van der Waals surface area contributed by atoms with Gasteiger partial charge in [-0.3, -0.25) is 14.0 Å². The van der Waals surface area contributed by atoms with Gasteiger partial charge in [-0.15, -0.1) is 9.38 Å². The number of hydrogen-bond acceptors (Lipinski definition) is 7. The van der Waals surface area contributed by atoms with Gasteiger partial charge in [0.1, 0.15) is 0 Å². The van der Waals surface area contributed by atoms with Gasteiger partial charge in [-0.2, -0.15) is 13.5 Å². The largest absolute Gasteiger partial charge is 0.481 e. The summed E-state index contributed by atoms with van der Waals surface area (Å²) in [6, 6.07) is -1.29. The number of aromatic nitrogens is 3. The number of hydroxylamine groups is 2. The number of carbonyl (C=O) groups excluding carboxylic acids is 1. The van der Waals surface area contributed by atoms with Gasteiger partial charge in [0.25, 0.3) is 0 Å². The Bertz CT molecular complexity index is 779. The minimum Gasteiger partial charge on any atom is -0.481 e. The lowest BCUT2D eigenvalue weighted by Crippen LogP contribution is -2.42. The van der Waals surface area contributed by atoms with Crippen molar-refractivity contribution >= 4 is 22.4 Å². The van der Waals surface area contributed by atoms with E-state index in [1.54, 1.807) is 6.20 Å². The Kier molecular flexibility index (Phi) is 4.62. The fourth-order valence-electron chi connectivity index (χ4n) is 3.09. The highest BCUT2D eigenvalue weighted by Gasteiger charge is 2.47. The van der Waals surface area contributed by atoms with Crippen LogP contribution in [0, 0.1) is 0 Å². The highest BCUT2D eigenvalue weighted by Crippen LogP contribution is 2.31. The van der Waals surface area contributed by atoms with Gasteiger partial charge in [0.15, 0.2) is 0 Å². The van der Waals surface area contributed by atoms with Gasteiger partial charge in [0.2, 0.25) is 0 Å². The number of carbonyl (C=O) groups is 2. The predicted molar refractivity (Wildman–Crippen MR) is 79.4 cm³/mol. The number of carboxylic acids is 1. The van der Waals surface area contributed by atoms with Crippen LogP contribution in [0.2, 0.25) is 0 Å². The zero-order valence-corrected chi connectivity index (χ0v) is 13.9. The number of piperidine rings is 1. The first-order valence-corrected chi connectivity index (χ1v) is 8.97. The summed E-state index contributed by atoms with van der Waals surface area (Å²) in [4.78, 5) is 24.3. The fraction of sp³-hybridized carbons (Fsp3) is 0.667. The van der Waals surface area contributed by atoms with Crippen molar-refractivity contribution in [1.29, 1.82) is 0 Å². The second-order valence-corrected chi connectivity index (χ2v) is 6.98. The number of fused-ring (bicyclic) bond motifs is 2. The van der Waals surface area contributed by atoms with Crippen LogP contribution in [0.1, 0.15) is 25.0 Å². The van der Waals surface area contributed by atoms with E-state index in [2.05, 4.69) is 14.6 Å². The smallest absolute Gasteiger partial charge is 0.418 e. The molecule has 3 rings (SSSR count). The zero-order chi connectivity index (χ0) is 18.2. The van der Waals surface area contributed by atoms with Crippen LogP contribution in [0.25, 0.3) is 0 Å². The fourth-order valence-corrected chi connectivity index (χ4v) is 3.48. The maximum atomic E-state index is 12.3. The van der Waals surface area contributed by atoms with Crippen molar-refractivity contribution in [3.8, 4) is 0 Å². The maximum absolute atomic E-state index is 12.3. The first-order valence-electron chi connectivity index (χ1n) is 7.60. The summed E-state index contributed by atoms with van der Waals surface area (Å²) in [5, 5.41) is 17.2. The lowest BCUT2D eigenvalue weighted by molar-refractivity contribution is -0.136. The van der Waals surface area contributed by atoms with E-state index in [9.17, 15) is 18.0 Å². The Labute approximate surface area is 142 Å². The van der Waals surface area contributed by atoms with Crippen molar-refractivity contribution in [3.63, 3.8) is 0 Å². The molecule has 2 bridgehead atoms. The highest BCUT2D eigenvalue weighted by atomic mass is 32.3. The van der Waals surface area contributed by atoms with Crippen LogP contribution in [-0.4, -0.2) is 73.7 Å². The lowest BCUT2D eigenvalue weighted by Gasteiger charge is -2.30. The molecular formula is C12H17N5O7S. The van der Waals surface area contributed by atoms with E-state index in [4.69, 9.17) is 9.66 Å². The van der Waals surface area contributed by atoms with Crippen LogP contribution in [0.15, 0.2) is 6.20 Å². The van der Waals surface area contributed by atoms with E-state index in [1.165, 1.54) is 9.58 Å². The molecule has 2 aliphatic rings. The minimum atomic E-state index is -4.76. The zero-order valence-electron chi connectivity index (χ0n) is 13.1. The molecular weight excluding hydrogens is 358 g/mol. The summed E-state index contributed by atoms with van der Waals surface area (Å²) in [6.45, 7) is 0.637. The van der Waals surface area contributed by atoms with Gasteiger partial charge in [0.05, 0.1) is 30.7 Å². The van der Waals surface area contributed by atoms with Crippen LogP contribution in [0.4, 0.5) is 4.79 Å². The molecule has 25 heavy (non-hydrogen) atoms. The molecule has 2 aliphatic heterocycles. The second-order valence-electron chi connectivity index (χ2n) is 5.97. The van der Waals surface area contributed by atoms with Gasteiger partial charge >= 0.3 is 22.4 Å². The van der Waals surface area contributed by atoms with E-state index in [0.29, 0.717) is 36.7 Å². The monoisotopic (exact) mass is 375 g/mol. The van der Waals surface area contributed by atoms with Crippen LogP contribution in [-0.2, 0) is 32.4 Å². The quantitative estimate of drug-likeness (QED) is 0.588. The third-order valence-corrected chi connectivity index (χ3v) is 4.55. The topological polar surface area (TPSA) is 155 Å². The molecule has 1 aromatic heterocycles. The lowest BCUT2D eigenvalue weighted by atomic mass is 10.0. The van der Waals surface area contributed by atoms with E-state index in [0.717, 1.165) is 0 Å². The van der Waals surface area contributed by atoms with Crippen LogP contribution in [0.3, 0.4) is 0 Å². The molecule has 1 aromatic rings. The molecule has 2 fully saturated rings. The van der Waals surface area contributed by atoms with E-state index >= 15 is 0 Å². The third-order valence-electron chi connectivity index (χ3n) is 4.20. The summed E-state index contributed by atoms with van der Waals surface area (Å²) in [5.41, 5.74) is 0.542. The Morgan fingerprint density at radius 3 is 2.84 bits per heavy atom. The van der Waals surface area contributed by atoms with Crippen LogP contribution in [0.5, 0.6) is 0 Å². The first-order chi connectivity index (χ1) is 11.7. The number of nitrogens with zero attached hydrogens (tertiary/aromatic N) is 5. The number of aliphatic carboxylic acids is 1. The molecule has 0 aromatic carbocycles. The Morgan fingerprint density at radius 1 is 1.40 bits per heavy atom. The maximum Gasteiger partial charge on any atom is 0.418 e. The summed E-state index contributed by atoms with van der Waals surface area (Å²) in [7, 11) is -4.76. The summed E-state index contributed by atoms with van der Waals surface area (Å²) in [6.07, 6.45) is 2.97. The molecule has 0 aliphatic carbocycles. The molecule has 2 unspecified atom stereocenters. The molecule has 2 N–H and O–H groups in total. The van der Waals surface area contributed by atoms with E-state index < -0.39 is 28.4 Å². The predicted octanol–water partition coefficient (Wildman–Crippen LogP) is -0.702. The normalized spacial score (nSPS) is 23.3. The summed E-state index contributed by atoms with van der Waals surface area (Å²) in [5.74, 6) is -0.922. The van der Waals surface area contributed by atoms with Crippen molar-refractivity contribution in [1.82, 2.24) is 25.0 Å². The molecule has 2 saturated heterocycles. The standard InChI is InChI=1S/C12H17N5O7S/c18-11(19)4-1-8-5-15(14-13-8)6-9-2-3-10-7-16(9)12(20)17(10)24-25(21,22)23/h5,9-10H,1-4,6-7H2,(H,18,19)(H,21,22,23). The van der Waals surface area contributed by atoms with Crippen molar-refractivity contribution in [2.75, 3.05) is 6.54 Å². The summed E-state index contributed by atoms with van der Waals surface area (Å²) >= 11 is 0. The minimum absolute atomic E-state index is 0.0453. The molecule has 13 heteroatoms. The third kappa shape index (κ3) is 4.05. The molecule has 12 nitrogen and oxygen atoms in total. The van der Waals surface area contributed by atoms with Crippen LogP contribution >= 0.6 is 0 Å². The van der Waals surface area contributed by atoms with E-state index in [1.807, 2.05) is 0 Å². The average molecular weight is 375 g/mol. The van der Waals surface area contributed by atoms with Gasteiger partial charge in [-0.1, -0.05) is 5.21 Å². The Hall–Kier alpha value is -2.25. The first kappa shape index (κ1) is 17.6. The number of rotatable bonds is 7. The number of amides is 2. The Balaban J connectivity index is 1.63. The van der Waals surface area contributed by atoms with Gasteiger partial charge < -0.3 is 10.0 Å².